The second-order valence-corrected chi connectivity index (χ2v) is 9.77. The fourth-order valence-corrected chi connectivity index (χ4v) is 4.61. The van der Waals surface area contributed by atoms with Gasteiger partial charge >= 0.3 is 0 Å². The number of nitriles is 1. The number of hydrogen-bond acceptors (Lipinski definition) is 7. The first-order valence-corrected chi connectivity index (χ1v) is 12.4. The molecule has 7 nitrogen and oxygen atoms in total. The summed E-state index contributed by atoms with van der Waals surface area (Å²) in [4.78, 5) is 31.2. The Bertz CT molecular complexity index is 1600. The summed E-state index contributed by atoms with van der Waals surface area (Å²) in [7, 11) is 1.64. The summed E-state index contributed by atoms with van der Waals surface area (Å²) in [6.45, 7) is 3.70. The number of ether oxygens (including phenoxy) is 1. The van der Waals surface area contributed by atoms with Crippen molar-refractivity contribution in [2.45, 2.75) is 38.5 Å². The molecule has 0 amide bonds. The first-order chi connectivity index (χ1) is 18.4. The molecule has 188 valence electrons. The summed E-state index contributed by atoms with van der Waals surface area (Å²) in [5.74, 6) is 0.714. The molecule has 0 atom stereocenters. The summed E-state index contributed by atoms with van der Waals surface area (Å²) in [5, 5.41) is 9.49. The van der Waals surface area contributed by atoms with Crippen LogP contribution in [0.2, 0.25) is 0 Å². The van der Waals surface area contributed by atoms with Crippen LogP contribution in [0.15, 0.2) is 72.1 Å². The van der Waals surface area contributed by atoms with E-state index in [4.69, 9.17) is 4.74 Å². The predicted octanol–water partition coefficient (Wildman–Crippen LogP) is 5.62. The van der Waals surface area contributed by atoms with Crippen molar-refractivity contribution in [2.24, 2.45) is 4.99 Å². The first kappa shape index (κ1) is 25.0. The van der Waals surface area contributed by atoms with Crippen LogP contribution in [-0.4, -0.2) is 34.1 Å². The van der Waals surface area contributed by atoms with Gasteiger partial charge in [0.2, 0.25) is 0 Å². The molecule has 0 unspecified atom stereocenters. The van der Waals surface area contributed by atoms with Gasteiger partial charge in [-0.25, -0.2) is 9.97 Å². The zero-order chi connectivity index (χ0) is 26.7. The van der Waals surface area contributed by atoms with Gasteiger partial charge in [-0.15, -0.1) is 0 Å². The predicted molar refractivity (Wildman–Crippen MR) is 146 cm³/mol. The van der Waals surface area contributed by atoms with Crippen LogP contribution in [0.5, 0.6) is 5.75 Å². The number of rotatable bonds is 8. The monoisotopic (exact) mass is 501 g/mol. The number of hydrogen-bond donors (Lipinski definition) is 0. The molecule has 0 bridgehead atoms. The normalized spacial score (nSPS) is 12.2. The van der Waals surface area contributed by atoms with Crippen molar-refractivity contribution in [1.29, 1.82) is 5.26 Å². The third-order valence-electron chi connectivity index (χ3n) is 6.80. The molecule has 1 aliphatic heterocycles. The number of pyridine rings is 1. The molecule has 5 rings (SSSR count). The Hall–Kier alpha value is -4.70. The van der Waals surface area contributed by atoms with Crippen molar-refractivity contribution < 1.29 is 9.53 Å². The molecular weight excluding hydrogens is 474 g/mol. The zero-order valence-electron chi connectivity index (χ0n) is 21.6. The third kappa shape index (κ3) is 4.94. The Morgan fingerprint density at radius 2 is 1.95 bits per heavy atom. The summed E-state index contributed by atoms with van der Waals surface area (Å²) in [5.41, 5.74) is 6.73. The number of nitrogens with zero attached hydrogens (tertiary/aromatic N) is 5. The van der Waals surface area contributed by atoms with Crippen molar-refractivity contribution in [1.82, 2.24) is 15.0 Å². The number of carbonyl (C=O) groups excluding carboxylic acids is 1. The Morgan fingerprint density at radius 3 is 2.76 bits per heavy atom. The van der Waals surface area contributed by atoms with Crippen LogP contribution in [0.3, 0.4) is 0 Å². The number of methoxy groups -OCH3 is 1. The van der Waals surface area contributed by atoms with Crippen LogP contribution in [-0.2, 0) is 24.7 Å². The maximum absolute atomic E-state index is 13.2. The molecule has 2 aromatic carbocycles. The van der Waals surface area contributed by atoms with Crippen molar-refractivity contribution in [2.75, 3.05) is 7.11 Å². The number of fused-ring (bicyclic) bond motifs is 1. The Kier molecular flexibility index (Phi) is 6.80. The van der Waals surface area contributed by atoms with Gasteiger partial charge in [-0.3, -0.25) is 14.8 Å². The van der Waals surface area contributed by atoms with Gasteiger partial charge in [-0.05, 0) is 49.2 Å². The fourth-order valence-electron chi connectivity index (χ4n) is 4.61. The lowest BCUT2D eigenvalue weighted by Gasteiger charge is -2.16. The topological polar surface area (TPSA) is 101 Å². The van der Waals surface area contributed by atoms with E-state index in [1.54, 1.807) is 25.7 Å². The van der Waals surface area contributed by atoms with Gasteiger partial charge in [0.05, 0.1) is 30.0 Å². The van der Waals surface area contributed by atoms with Gasteiger partial charge in [0.15, 0.2) is 5.78 Å². The summed E-state index contributed by atoms with van der Waals surface area (Å²) < 4.78 is 5.65. The molecule has 4 aromatic rings. The highest BCUT2D eigenvalue weighted by Crippen LogP contribution is 2.35. The summed E-state index contributed by atoms with van der Waals surface area (Å²) in [6.07, 6.45) is 6.60. The lowest BCUT2D eigenvalue weighted by Crippen LogP contribution is -2.15. The fraction of sp³-hybridized carbons (Fsp3) is 0.226. The lowest BCUT2D eigenvalue weighted by molar-refractivity contribution is 0.0993. The Labute approximate surface area is 221 Å². The summed E-state index contributed by atoms with van der Waals surface area (Å²) in [6, 6.07) is 19.3. The molecule has 38 heavy (non-hydrogen) atoms. The van der Waals surface area contributed by atoms with Crippen molar-refractivity contribution >= 4 is 17.7 Å². The van der Waals surface area contributed by atoms with E-state index >= 15 is 0 Å². The van der Waals surface area contributed by atoms with Crippen LogP contribution in [0, 0.1) is 11.3 Å². The average Bonchev–Trinajstić information content (AvgIpc) is 3.43. The van der Waals surface area contributed by atoms with E-state index in [-0.39, 0.29) is 12.2 Å². The maximum atomic E-state index is 13.2. The van der Waals surface area contributed by atoms with Gasteiger partial charge in [-0.2, -0.15) is 5.26 Å². The van der Waals surface area contributed by atoms with Crippen molar-refractivity contribution in [3.05, 3.63) is 101 Å². The highest BCUT2D eigenvalue weighted by Gasteiger charge is 2.22. The Balaban J connectivity index is 1.44. The third-order valence-corrected chi connectivity index (χ3v) is 6.80. The summed E-state index contributed by atoms with van der Waals surface area (Å²) >= 11 is 0. The molecular formula is C31H27N5O2. The van der Waals surface area contributed by atoms with Crippen LogP contribution in [0.1, 0.15) is 52.3 Å². The van der Waals surface area contributed by atoms with E-state index in [0.29, 0.717) is 18.4 Å². The van der Waals surface area contributed by atoms with Crippen molar-refractivity contribution in [3.8, 4) is 23.1 Å². The number of carbonyl (C=O) groups is 1. The van der Waals surface area contributed by atoms with Gasteiger partial charge in [0, 0.05) is 48.4 Å². The van der Waals surface area contributed by atoms with Crippen LogP contribution in [0.4, 0.5) is 5.69 Å². The smallest absolute Gasteiger partial charge is 0.167 e. The molecule has 0 saturated carbocycles. The highest BCUT2D eigenvalue weighted by atomic mass is 16.5. The Morgan fingerprint density at radius 1 is 1.08 bits per heavy atom. The number of ketones is 1. The lowest BCUT2D eigenvalue weighted by atomic mass is 9.85. The van der Waals surface area contributed by atoms with E-state index in [2.05, 4.69) is 26.0 Å². The quantitative estimate of drug-likeness (QED) is 0.290. The molecule has 0 spiro atoms. The van der Waals surface area contributed by atoms with E-state index in [9.17, 15) is 10.1 Å². The highest BCUT2D eigenvalue weighted by molar-refractivity contribution is 5.97. The molecule has 0 fully saturated rings. The van der Waals surface area contributed by atoms with E-state index in [1.165, 1.54) is 0 Å². The molecule has 7 heteroatoms. The largest absolute Gasteiger partial charge is 0.496 e. The molecule has 0 aliphatic carbocycles. The van der Waals surface area contributed by atoms with E-state index < -0.39 is 5.41 Å². The number of aliphatic imine (C=N–C) groups is 1. The number of aromatic nitrogens is 3. The SMILES string of the molecule is COc1ccc(CC(=O)c2cccc(C(C)(C)C#N)c2)cc1Cc1ncccc1-c1ncnc2c1N=CC2. The first-order valence-electron chi connectivity index (χ1n) is 12.4. The van der Waals surface area contributed by atoms with Gasteiger partial charge in [0.25, 0.3) is 0 Å². The maximum Gasteiger partial charge on any atom is 0.167 e. The van der Waals surface area contributed by atoms with Crippen molar-refractivity contribution in [3.63, 3.8) is 0 Å². The zero-order valence-corrected chi connectivity index (χ0v) is 21.6. The average molecular weight is 502 g/mol. The van der Waals surface area contributed by atoms with E-state index in [0.717, 1.165) is 50.8 Å². The van der Waals surface area contributed by atoms with Gasteiger partial charge < -0.3 is 4.74 Å². The van der Waals surface area contributed by atoms with Gasteiger partial charge in [-0.1, -0.05) is 30.3 Å². The molecule has 0 N–H and O–H groups in total. The van der Waals surface area contributed by atoms with Crippen LogP contribution < -0.4 is 4.74 Å². The minimum Gasteiger partial charge on any atom is -0.496 e. The van der Waals surface area contributed by atoms with Crippen LogP contribution in [0.25, 0.3) is 11.3 Å². The standard InChI is InChI=1S/C31H27N5O2/c1-31(2,18-32)23-7-4-6-21(16-23)27(37)15-20-9-10-28(38-3)22(14-20)17-26-24(8-5-12-33-26)29-30-25(11-13-34-30)35-19-36-29/h4-10,12-14,16,19H,11,15,17H2,1-3H3. The van der Waals surface area contributed by atoms with E-state index in [1.807, 2.05) is 68.6 Å². The molecule has 0 saturated heterocycles. The molecule has 0 radical (unpaired) electrons. The molecule has 2 aromatic heterocycles. The minimum absolute atomic E-state index is 0.00959. The number of benzene rings is 2. The molecule has 3 heterocycles. The minimum atomic E-state index is -0.668. The number of Topliss-reactive ketones (excluding diaryl/α,β-unsaturated/α-hetero) is 1. The molecule has 1 aliphatic rings. The second kappa shape index (κ2) is 10.3. The van der Waals surface area contributed by atoms with Crippen LogP contribution >= 0.6 is 0 Å². The van der Waals surface area contributed by atoms with Gasteiger partial charge in [0.1, 0.15) is 23.5 Å². The second-order valence-electron chi connectivity index (χ2n) is 9.77.